The molecule has 0 bridgehead atoms. The molecule has 2 nitrogen and oxygen atoms in total. The second-order valence-corrected chi connectivity index (χ2v) is 20.8. The van der Waals surface area contributed by atoms with Crippen LogP contribution in [0, 0.1) is 0 Å². The summed E-state index contributed by atoms with van der Waals surface area (Å²) in [6.45, 7) is 0. The third-order valence-electron chi connectivity index (χ3n) is 16.1. The Balaban J connectivity index is 1.00. The van der Waals surface area contributed by atoms with E-state index >= 15 is 0 Å². The van der Waals surface area contributed by atoms with Gasteiger partial charge in [0.25, 0.3) is 0 Å². The Morgan fingerprint density at radius 3 is 0.825 bits per heavy atom. The van der Waals surface area contributed by atoms with Crippen molar-refractivity contribution in [2.45, 2.75) is 0 Å². The standard InChI is InChI=1S/C78H52N2/c1-5-17-53(18-6-1)57-29-33-59(34-30-57)75-73-45-39-64-52-70(80(66-27-11-4-12-28-66)68-42-38-56-22-14-16-24-62(56)50-68)44-48-72(64)78(73)76(60-35-31-58(32-36-60)54-19-7-2-8-20-54)74-46-40-63-51-69(43-47-71(63)77(74)75)79(65-25-9-3-10-26-65)67-41-37-55-21-13-15-23-61(55)49-67/h1-52H. The highest BCUT2D eigenvalue weighted by Gasteiger charge is 2.23. The molecule has 15 aromatic rings. The molecule has 0 aliphatic carbocycles. The van der Waals surface area contributed by atoms with Crippen molar-refractivity contribution < 1.29 is 0 Å². The van der Waals surface area contributed by atoms with Crippen LogP contribution in [0.15, 0.2) is 315 Å². The third-order valence-corrected chi connectivity index (χ3v) is 16.1. The molecular weight excluding hydrogens is 965 g/mol. The molecule has 0 radical (unpaired) electrons. The first-order chi connectivity index (χ1) is 39.7. The Kier molecular flexibility index (Phi) is 11.6. The molecule has 15 aromatic carbocycles. The highest BCUT2D eigenvalue weighted by molar-refractivity contribution is 6.32. The van der Waals surface area contributed by atoms with Gasteiger partial charge in [0.05, 0.1) is 0 Å². The van der Waals surface area contributed by atoms with Gasteiger partial charge in [-0.1, -0.05) is 243 Å². The first kappa shape index (κ1) is 46.7. The lowest BCUT2D eigenvalue weighted by Gasteiger charge is -2.27. The lowest BCUT2D eigenvalue weighted by Crippen LogP contribution is -2.09. The van der Waals surface area contributed by atoms with Crippen molar-refractivity contribution in [1.82, 2.24) is 0 Å². The minimum atomic E-state index is 1.10. The molecule has 0 fully saturated rings. The number of fused-ring (bicyclic) bond motifs is 8. The SMILES string of the molecule is c1ccc(-c2ccc(-c3c4ccc5cc(N(c6ccccc6)c6ccc7ccccc7c6)ccc5c4c(-c4ccc(-c5ccccc5)cc4)c4ccc5cc(N(c6ccccc6)c6ccc7ccccc7c6)ccc5c34)cc2)cc1. The Bertz CT molecular complexity index is 4480. The monoisotopic (exact) mass is 1020 g/mol. The molecule has 0 aliphatic heterocycles. The third kappa shape index (κ3) is 8.30. The summed E-state index contributed by atoms with van der Waals surface area (Å²) in [4.78, 5) is 4.78. The van der Waals surface area contributed by atoms with Gasteiger partial charge in [0.2, 0.25) is 0 Å². The zero-order chi connectivity index (χ0) is 52.9. The molecule has 0 amide bonds. The number of hydrogen-bond donors (Lipinski definition) is 0. The maximum atomic E-state index is 2.40. The fourth-order valence-electron chi connectivity index (χ4n) is 12.3. The van der Waals surface area contributed by atoms with Gasteiger partial charge in [0.1, 0.15) is 0 Å². The van der Waals surface area contributed by atoms with Crippen LogP contribution in [0.1, 0.15) is 0 Å². The molecule has 0 aliphatic rings. The summed E-state index contributed by atoms with van der Waals surface area (Å²) in [6, 6.07) is 116. The van der Waals surface area contributed by atoms with Crippen molar-refractivity contribution in [1.29, 1.82) is 0 Å². The van der Waals surface area contributed by atoms with Crippen LogP contribution in [-0.2, 0) is 0 Å². The molecule has 374 valence electrons. The fourth-order valence-corrected chi connectivity index (χ4v) is 12.3. The zero-order valence-electron chi connectivity index (χ0n) is 43.9. The summed E-state index contributed by atoms with van der Waals surface area (Å²) in [5.74, 6) is 0. The summed E-state index contributed by atoms with van der Waals surface area (Å²) < 4.78 is 0. The van der Waals surface area contributed by atoms with Crippen molar-refractivity contribution in [3.63, 3.8) is 0 Å². The van der Waals surface area contributed by atoms with Crippen LogP contribution in [0.25, 0.3) is 109 Å². The molecule has 0 atom stereocenters. The van der Waals surface area contributed by atoms with E-state index in [1.165, 1.54) is 109 Å². The molecule has 0 heterocycles. The lowest BCUT2D eigenvalue weighted by molar-refractivity contribution is 1.29. The Labute approximate surface area is 465 Å². The quantitative estimate of drug-likeness (QED) is 0.0995. The van der Waals surface area contributed by atoms with Gasteiger partial charge in [-0.3, -0.25) is 0 Å². The van der Waals surface area contributed by atoms with Gasteiger partial charge in [-0.05, 0) is 182 Å². The summed E-state index contributed by atoms with van der Waals surface area (Å²) in [5.41, 5.74) is 16.2. The van der Waals surface area contributed by atoms with Crippen molar-refractivity contribution in [3.8, 4) is 44.5 Å². The molecule has 0 spiro atoms. The first-order valence-corrected chi connectivity index (χ1v) is 27.6. The van der Waals surface area contributed by atoms with Gasteiger partial charge < -0.3 is 9.80 Å². The number of para-hydroxylation sites is 2. The van der Waals surface area contributed by atoms with E-state index in [9.17, 15) is 0 Å². The van der Waals surface area contributed by atoms with Crippen LogP contribution >= 0.6 is 0 Å². The maximum Gasteiger partial charge on any atom is 0.0468 e. The highest BCUT2D eigenvalue weighted by Crippen LogP contribution is 2.50. The van der Waals surface area contributed by atoms with Crippen LogP contribution in [0.4, 0.5) is 34.1 Å². The van der Waals surface area contributed by atoms with Gasteiger partial charge in [-0.25, -0.2) is 0 Å². The number of anilines is 6. The molecule has 15 rings (SSSR count). The van der Waals surface area contributed by atoms with Crippen LogP contribution in [0.5, 0.6) is 0 Å². The van der Waals surface area contributed by atoms with E-state index < -0.39 is 0 Å². The van der Waals surface area contributed by atoms with E-state index in [1.54, 1.807) is 0 Å². The minimum absolute atomic E-state index is 1.10. The average molecular weight is 1020 g/mol. The van der Waals surface area contributed by atoms with E-state index in [0.29, 0.717) is 0 Å². The van der Waals surface area contributed by atoms with Crippen molar-refractivity contribution in [3.05, 3.63) is 315 Å². The number of nitrogens with zero attached hydrogens (tertiary/aromatic N) is 2. The van der Waals surface area contributed by atoms with Crippen LogP contribution in [0.2, 0.25) is 0 Å². The predicted octanol–water partition coefficient (Wildman–Crippen LogP) is 22.2. The van der Waals surface area contributed by atoms with E-state index in [1.807, 2.05) is 0 Å². The van der Waals surface area contributed by atoms with Gasteiger partial charge in [-0.15, -0.1) is 0 Å². The van der Waals surface area contributed by atoms with Crippen LogP contribution in [-0.4, -0.2) is 0 Å². The predicted molar refractivity (Wildman–Crippen MR) is 343 cm³/mol. The molecule has 0 saturated carbocycles. The molecule has 0 N–H and O–H groups in total. The summed E-state index contributed by atoms with van der Waals surface area (Å²) >= 11 is 0. The molecule has 2 heteroatoms. The first-order valence-electron chi connectivity index (χ1n) is 27.6. The van der Waals surface area contributed by atoms with E-state index in [2.05, 4.69) is 325 Å². The van der Waals surface area contributed by atoms with E-state index in [-0.39, 0.29) is 0 Å². The Morgan fingerprint density at radius 2 is 0.438 bits per heavy atom. The smallest absolute Gasteiger partial charge is 0.0468 e. The fraction of sp³-hybridized carbons (Fsp3) is 0. The van der Waals surface area contributed by atoms with Crippen LogP contribution < -0.4 is 9.80 Å². The number of rotatable bonds is 10. The van der Waals surface area contributed by atoms with E-state index in [0.717, 1.165) is 34.1 Å². The largest absolute Gasteiger partial charge is 0.310 e. The molecule has 0 unspecified atom stereocenters. The topological polar surface area (TPSA) is 6.48 Å². The zero-order valence-corrected chi connectivity index (χ0v) is 43.9. The highest BCUT2D eigenvalue weighted by atomic mass is 15.1. The molecular formula is C78H52N2. The Hall–Kier alpha value is -10.5. The van der Waals surface area contributed by atoms with Crippen molar-refractivity contribution in [2.24, 2.45) is 0 Å². The maximum absolute atomic E-state index is 2.40. The van der Waals surface area contributed by atoms with Crippen molar-refractivity contribution >= 4 is 98.8 Å². The number of benzene rings is 15. The van der Waals surface area contributed by atoms with Gasteiger partial charge in [0, 0.05) is 34.1 Å². The minimum Gasteiger partial charge on any atom is -0.310 e. The normalized spacial score (nSPS) is 11.5. The van der Waals surface area contributed by atoms with Gasteiger partial charge >= 0.3 is 0 Å². The van der Waals surface area contributed by atoms with Gasteiger partial charge in [0.15, 0.2) is 0 Å². The van der Waals surface area contributed by atoms with E-state index in [4.69, 9.17) is 0 Å². The van der Waals surface area contributed by atoms with Crippen LogP contribution in [0.3, 0.4) is 0 Å². The second-order valence-electron chi connectivity index (χ2n) is 20.8. The lowest BCUT2D eigenvalue weighted by atomic mass is 9.82. The second kappa shape index (κ2) is 19.8. The molecule has 0 saturated heterocycles. The summed E-state index contributed by atoms with van der Waals surface area (Å²) in [6.07, 6.45) is 0. The van der Waals surface area contributed by atoms with Crippen molar-refractivity contribution in [2.75, 3.05) is 9.80 Å². The summed E-state index contributed by atoms with van der Waals surface area (Å²) in [5, 5.41) is 14.5. The average Bonchev–Trinajstić information content (AvgIpc) is 3.70. The molecule has 0 aromatic heterocycles. The molecule has 80 heavy (non-hydrogen) atoms. The summed E-state index contributed by atoms with van der Waals surface area (Å²) in [7, 11) is 0. The Morgan fingerprint density at radius 1 is 0.163 bits per heavy atom. The van der Waals surface area contributed by atoms with Gasteiger partial charge in [-0.2, -0.15) is 0 Å². The number of hydrogen-bond acceptors (Lipinski definition) is 2.